The molecule has 1 aliphatic heterocycles. The highest BCUT2D eigenvalue weighted by Gasteiger charge is 2.26. The van der Waals surface area contributed by atoms with Crippen molar-refractivity contribution < 1.29 is 4.79 Å². The average Bonchev–Trinajstić information content (AvgIpc) is 2.71. The van der Waals surface area contributed by atoms with E-state index in [9.17, 15) is 4.79 Å². The van der Waals surface area contributed by atoms with Gasteiger partial charge in [-0.2, -0.15) is 5.10 Å². The third-order valence-corrected chi connectivity index (χ3v) is 3.80. The number of H-pyrrole nitrogens is 1. The molecular formula is C13H22N4O. The lowest BCUT2D eigenvalue weighted by Crippen LogP contribution is -2.38. The number of amides is 1. The van der Waals surface area contributed by atoms with E-state index in [-0.39, 0.29) is 5.91 Å². The monoisotopic (exact) mass is 250 g/mol. The number of anilines is 1. The lowest BCUT2D eigenvalue weighted by Gasteiger charge is -2.31. The molecule has 1 aromatic rings. The minimum absolute atomic E-state index is 0.0354. The molecule has 18 heavy (non-hydrogen) atoms. The maximum absolute atomic E-state index is 12.3. The lowest BCUT2D eigenvalue weighted by atomic mass is 9.92. The molecule has 2 heterocycles. The summed E-state index contributed by atoms with van der Waals surface area (Å²) in [5.74, 6) is 0.740. The number of rotatable bonds is 3. The van der Waals surface area contributed by atoms with E-state index in [1.54, 1.807) is 0 Å². The summed E-state index contributed by atoms with van der Waals surface area (Å²) >= 11 is 0. The van der Waals surface area contributed by atoms with Gasteiger partial charge in [0.1, 0.15) is 0 Å². The van der Waals surface area contributed by atoms with Crippen molar-refractivity contribution in [1.82, 2.24) is 15.1 Å². The van der Waals surface area contributed by atoms with Crippen molar-refractivity contribution in [2.75, 3.05) is 18.8 Å². The normalized spacial score (nSPS) is 17.1. The van der Waals surface area contributed by atoms with Crippen LogP contribution < -0.4 is 5.73 Å². The number of aromatic amines is 1. The van der Waals surface area contributed by atoms with Gasteiger partial charge in [-0.3, -0.25) is 9.89 Å². The number of hydrogen-bond donors (Lipinski definition) is 2. The molecule has 0 bridgehead atoms. The van der Waals surface area contributed by atoms with Crippen LogP contribution in [0.5, 0.6) is 0 Å². The number of piperidine rings is 1. The first-order valence-corrected chi connectivity index (χ1v) is 6.73. The molecule has 0 atom stereocenters. The van der Waals surface area contributed by atoms with Gasteiger partial charge in [-0.15, -0.1) is 0 Å². The van der Waals surface area contributed by atoms with Crippen LogP contribution >= 0.6 is 0 Å². The number of nitrogen functional groups attached to an aromatic ring is 1. The summed E-state index contributed by atoms with van der Waals surface area (Å²) in [7, 11) is 0. The van der Waals surface area contributed by atoms with Crippen molar-refractivity contribution in [1.29, 1.82) is 0 Å². The fraction of sp³-hybridized carbons (Fsp3) is 0.692. The third kappa shape index (κ3) is 2.49. The number of carbonyl (C=O) groups excluding carboxylic acids is 1. The minimum atomic E-state index is -0.0354. The number of aromatic nitrogens is 2. The molecule has 1 amide bonds. The van der Waals surface area contributed by atoms with Crippen molar-refractivity contribution in [3.05, 3.63) is 11.4 Å². The Morgan fingerprint density at radius 3 is 2.67 bits per heavy atom. The van der Waals surface area contributed by atoms with E-state index >= 15 is 0 Å². The van der Waals surface area contributed by atoms with Gasteiger partial charge in [-0.1, -0.05) is 19.8 Å². The highest BCUT2D eigenvalue weighted by molar-refractivity contribution is 5.97. The van der Waals surface area contributed by atoms with E-state index in [4.69, 9.17) is 5.73 Å². The van der Waals surface area contributed by atoms with Gasteiger partial charge in [-0.05, 0) is 25.7 Å². The Labute approximate surface area is 108 Å². The molecule has 2 rings (SSSR count). The van der Waals surface area contributed by atoms with Gasteiger partial charge in [0.2, 0.25) is 0 Å². The molecule has 0 aromatic carbocycles. The Balaban J connectivity index is 1.97. The molecule has 0 spiro atoms. The molecule has 0 saturated carbocycles. The fourth-order valence-corrected chi connectivity index (χ4v) is 2.58. The molecule has 5 nitrogen and oxygen atoms in total. The second kappa shape index (κ2) is 5.42. The van der Waals surface area contributed by atoms with Crippen LogP contribution in [-0.4, -0.2) is 34.1 Å². The molecule has 3 N–H and O–H groups in total. The summed E-state index contributed by atoms with van der Waals surface area (Å²) in [5.41, 5.74) is 7.47. The van der Waals surface area contributed by atoms with Crippen LogP contribution in [0.15, 0.2) is 0 Å². The summed E-state index contributed by atoms with van der Waals surface area (Å²) in [6.45, 7) is 5.70. The maximum Gasteiger partial charge on any atom is 0.276 e. The minimum Gasteiger partial charge on any atom is -0.395 e. The van der Waals surface area contributed by atoms with Gasteiger partial charge in [0.15, 0.2) is 5.69 Å². The molecule has 0 aliphatic carbocycles. The average molecular weight is 250 g/mol. The second-order valence-corrected chi connectivity index (χ2v) is 5.14. The highest BCUT2D eigenvalue weighted by Crippen LogP contribution is 2.24. The van der Waals surface area contributed by atoms with E-state index in [2.05, 4.69) is 17.1 Å². The van der Waals surface area contributed by atoms with Gasteiger partial charge in [0.25, 0.3) is 5.91 Å². The molecule has 100 valence electrons. The van der Waals surface area contributed by atoms with Gasteiger partial charge >= 0.3 is 0 Å². The smallest absolute Gasteiger partial charge is 0.276 e. The molecule has 5 heteroatoms. The zero-order valence-corrected chi connectivity index (χ0v) is 11.2. The zero-order chi connectivity index (χ0) is 13.1. The van der Waals surface area contributed by atoms with Crippen LogP contribution in [0.25, 0.3) is 0 Å². The van der Waals surface area contributed by atoms with Gasteiger partial charge < -0.3 is 10.6 Å². The molecule has 1 saturated heterocycles. The molecule has 0 unspecified atom stereocenters. The standard InChI is InChI=1S/C13H22N4O/c1-3-4-10-5-7-17(8-6-10)13(18)12-11(14)9(2)15-16-12/h10H,3-8,14H2,1-2H3,(H,15,16). The molecular weight excluding hydrogens is 228 g/mol. The number of hydrogen-bond acceptors (Lipinski definition) is 3. The predicted octanol–water partition coefficient (Wildman–Crippen LogP) is 1.95. The van der Waals surface area contributed by atoms with Crippen molar-refractivity contribution in [3.63, 3.8) is 0 Å². The topological polar surface area (TPSA) is 75.0 Å². The van der Waals surface area contributed by atoms with E-state index in [1.807, 2.05) is 11.8 Å². The van der Waals surface area contributed by atoms with Gasteiger partial charge in [0.05, 0.1) is 11.4 Å². The summed E-state index contributed by atoms with van der Waals surface area (Å²) in [4.78, 5) is 14.1. The van der Waals surface area contributed by atoms with E-state index in [0.29, 0.717) is 11.4 Å². The molecule has 1 aromatic heterocycles. The summed E-state index contributed by atoms with van der Waals surface area (Å²) in [5, 5.41) is 6.77. The van der Waals surface area contributed by atoms with Gasteiger partial charge in [-0.25, -0.2) is 0 Å². The molecule has 0 radical (unpaired) electrons. The number of nitrogens with zero attached hydrogens (tertiary/aromatic N) is 2. The Morgan fingerprint density at radius 1 is 1.50 bits per heavy atom. The van der Waals surface area contributed by atoms with E-state index < -0.39 is 0 Å². The lowest BCUT2D eigenvalue weighted by molar-refractivity contribution is 0.0681. The third-order valence-electron chi connectivity index (χ3n) is 3.80. The number of likely N-dealkylation sites (tertiary alicyclic amines) is 1. The number of nitrogens with two attached hydrogens (primary N) is 1. The second-order valence-electron chi connectivity index (χ2n) is 5.14. The van der Waals surface area contributed by atoms with Gasteiger partial charge in [0, 0.05) is 13.1 Å². The van der Waals surface area contributed by atoms with Crippen molar-refractivity contribution in [2.45, 2.75) is 39.5 Å². The van der Waals surface area contributed by atoms with Crippen LogP contribution in [-0.2, 0) is 0 Å². The molecule has 1 fully saturated rings. The van der Waals surface area contributed by atoms with Crippen molar-refractivity contribution in [3.8, 4) is 0 Å². The first kappa shape index (κ1) is 12.9. The van der Waals surface area contributed by atoms with Crippen molar-refractivity contribution >= 4 is 11.6 Å². The van der Waals surface area contributed by atoms with E-state index in [0.717, 1.165) is 37.5 Å². The highest BCUT2D eigenvalue weighted by atomic mass is 16.2. The largest absolute Gasteiger partial charge is 0.395 e. The van der Waals surface area contributed by atoms with Crippen LogP contribution in [0.3, 0.4) is 0 Å². The van der Waals surface area contributed by atoms with Crippen LogP contribution in [0.1, 0.15) is 48.8 Å². The number of aryl methyl sites for hydroxylation is 1. The zero-order valence-electron chi connectivity index (χ0n) is 11.2. The number of nitrogens with one attached hydrogen (secondary N) is 1. The quantitative estimate of drug-likeness (QED) is 0.861. The Kier molecular flexibility index (Phi) is 3.89. The number of carbonyl (C=O) groups is 1. The SMILES string of the molecule is CCCC1CCN(C(=O)c2n[nH]c(C)c2N)CC1. The molecule has 1 aliphatic rings. The summed E-state index contributed by atoms with van der Waals surface area (Å²) in [6, 6.07) is 0. The van der Waals surface area contributed by atoms with Crippen LogP contribution in [0.2, 0.25) is 0 Å². The van der Waals surface area contributed by atoms with Crippen molar-refractivity contribution in [2.24, 2.45) is 5.92 Å². The Hall–Kier alpha value is -1.52. The fourth-order valence-electron chi connectivity index (χ4n) is 2.58. The summed E-state index contributed by atoms with van der Waals surface area (Å²) < 4.78 is 0. The summed E-state index contributed by atoms with van der Waals surface area (Å²) in [6.07, 6.45) is 4.70. The Morgan fingerprint density at radius 2 is 2.17 bits per heavy atom. The Bertz CT molecular complexity index is 419. The maximum atomic E-state index is 12.3. The predicted molar refractivity (Wildman–Crippen MR) is 71.3 cm³/mol. The van der Waals surface area contributed by atoms with Crippen LogP contribution in [0.4, 0.5) is 5.69 Å². The van der Waals surface area contributed by atoms with Crippen LogP contribution in [0, 0.1) is 12.8 Å². The first-order chi connectivity index (χ1) is 8.63. The van der Waals surface area contributed by atoms with E-state index in [1.165, 1.54) is 12.8 Å². The first-order valence-electron chi connectivity index (χ1n) is 6.73.